The van der Waals surface area contributed by atoms with Gasteiger partial charge in [0.05, 0.1) is 0 Å². The number of hydrogen-bond acceptors (Lipinski definition) is 2. The van der Waals surface area contributed by atoms with Crippen molar-refractivity contribution in [3.63, 3.8) is 0 Å². The molecule has 1 aromatic carbocycles. The minimum Gasteiger partial charge on any atom is -0.356 e. The van der Waals surface area contributed by atoms with E-state index in [2.05, 4.69) is 44.8 Å². The van der Waals surface area contributed by atoms with Crippen LogP contribution in [-0.2, 0) is 11.2 Å². The van der Waals surface area contributed by atoms with Gasteiger partial charge in [0.25, 0.3) is 0 Å². The zero-order valence-electron chi connectivity index (χ0n) is 17.3. The molecule has 158 valence electrons. The van der Waals surface area contributed by atoms with Crippen molar-refractivity contribution in [2.75, 3.05) is 26.7 Å². The van der Waals surface area contributed by atoms with Crippen molar-refractivity contribution in [1.82, 2.24) is 15.5 Å². The van der Waals surface area contributed by atoms with E-state index in [0.29, 0.717) is 11.9 Å². The molecule has 3 fully saturated rings. The lowest BCUT2D eigenvalue weighted by Crippen LogP contribution is -2.46. The van der Waals surface area contributed by atoms with Gasteiger partial charge in [0.15, 0.2) is 5.96 Å². The smallest absolute Gasteiger partial charge is 0.225 e. The van der Waals surface area contributed by atoms with Crippen LogP contribution in [0.25, 0.3) is 0 Å². The number of guanidine groups is 1. The van der Waals surface area contributed by atoms with E-state index in [4.69, 9.17) is 0 Å². The van der Waals surface area contributed by atoms with E-state index < -0.39 is 0 Å². The van der Waals surface area contributed by atoms with Crippen molar-refractivity contribution in [3.05, 3.63) is 35.4 Å². The lowest BCUT2D eigenvalue weighted by molar-refractivity contribution is -0.134. The van der Waals surface area contributed by atoms with Gasteiger partial charge in [-0.2, -0.15) is 0 Å². The Morgan fingerprint density at radius 3 is 2.79 bits per heavy atom. The lowest BCUT2D eigenvalue weighted by Gasteiger charge is -2.21. The van der Waals surface area contributed by atoms with Gasteiger partial charge in [0, 0.05) is 38.6 Å². The van der Waals surface area contributed by atoms with E-state index in [1.54, 1.807) is 11.1 Å². The average molecular weight is 508 g/mol. The SMILES string of the molecule is CN=C(NCC1C2Cc3ccccc3C12)NC1CCN(C(=O)C2CCCC2)C1.I. The first-order valence-electron chi connectivity index (χ1n) is 11.1. The van der Waals surface area contributed by atoms with Gasteiger partial charge >= 0.3 is 0 Å². The molecule has 0 aromatic heterocycles. The second-order valence-corrected chi connectivity index (χ2v) is 9.11. The molecule has 1 aromatic rings. The Morgan fingerprint density at radius 2 is 2.00 bits per heavy atom. The molecule has 4 atom stereocenters. The van der Waals surface area contributed by atoms with Gasteiger partial charge in [-0.1, -0.05) is 37.1 Å². The predicted octanol–water partition coefficient (Wildman–Crippen LogP) is 3.15. The summed E-state index contributed by atoms with van der Waals surface area (Å²) in [6.45, 7) is 2.69. The monoisotopic (exact) mass is 508 g/mol. The molecule has 0 radical (unpaired) electrons. The topological polar surface area (TPSA) is 56.7 Å². The van der Waals surface area contributed by atoms with Crippen molar-refractivity contribution in [2.45, 2.75) is 50.5 Å². The van der Waals surface area contributed by atoms with Gasteiger partial charge in [-0.15, -0.1) is 24.0 Å². The molecule has 3 aliphatic carbocycles. The highest BCUT2D eigenvalue weighted by atomic mass is 127. The number of carbonyl (C=O) groups excluding carboxylic acids is 1. The van der Waals surface area contributed by atoms with Gasteiger partial charge in [-0.25, -0.2) is 0 Å². The summed E-state index contributed by atoms with van der Waals surface area (Å²) in [5, 5.41) is 7.11. The average Bonchev–Trinajstić information content (AvgIpc) is 3.22. The van der Waals surface area contributed by atoms with Crippen LogP contribution in [0.15, 0.2) is 29.3 Å². The summed E-state index contributed by atoms with van der Waals surface area (Å²) in [5.41, 5.74) is 3.12. The summed E-state index contributed by atoms with van der Waals surface area (Å²) in [5.74, 6) is 3.85. The zero-order chi connectivity index (χ0) is 19.1. The molecule has 5 nitrogen and oxygen atoms in total. The number of rotatable bonds is 4. The fourth-order valence-electron chi connectivity index (χ4n) is 5.87. The first-order valence-corrected chi connectivity index (χ1v) is 11.1. The van der Waals surface area contributed by atoms with Crippen LogP contribution in [0.2, 0.25) is 0 Å². The van der Waals surface area contributed by atoms with Crippen LogP contribution in [-0.4, -0.2) is 49.5 Å². The van der Waals surface area contributed by atoms with Gasteiger partial charge < -0.3 is 15.5 Å². The Balaban J connectivity index is 0.00000205. The Bertz CT molecular complexity index is 776. The number of aliphatic imine (C=N–C) groups is 1. The van der Waals surface area contributed by atoms with Gasteiger partial charge in [0.2, 0.25) is 5.91 Å². The molecule has 4 unspecified atom stereocenters. The fraction of sp³-hybridized carbons (Fsp3) is 0.652. The molecular formula is C23H33IN4O. The molecule has 29 heavy (non-hydrogen) atoms. The number of likely N-dealkylation sites (tertiary alicyclic amines) is 1. The summed E-state index contributed by atoms with van der Waals surface area (Å²) in [6, 6.07) is 9.23. The second kappa shape index (κ2) is 8.82. The molecule has 1 amide bonds. The fourth-order valence-corrected chi connectivity index (χ4v) is 5.87. The van der Waals surface area contributed by atoms with E-state index in [9.17, 15) is 4.79 Å². The van der Waals surface area contributed by atoms with Crippen LogP contribution >= 0.6 is 24.0 Å². The third kappa shape index (κ3) is 4.14. The summed E-state index contributed by atoms with van der Waals surface area (Å²) < 4.78 is 0. The van der Waals surface area contributed by atoms with E-state index in [1.165, 1.54) is 19.3 Å². The highest BCUT2D eigenvalue weighted by Gasteiger charge is 2.54. The summed E-state index contributed by atoms with van der Waals surface area (Å²) in [4.78, 5) is 19.1. The lowest BCUT2D eigenvalue weighted by atomic mass is 10.0. The minimum absolute atomic E-state index is 0. The summed E-state index contributed by atoms with van der Waals surface area (Å²) in [6.07, 6.45) is 6.86. The summed E-state index contributed by atoms with van der Waals surface area (Å²) in [7, 11) is 1.84. The Morgan fingerprint density at radius 1 is 1.21 bits per heavy atom. The van der Waals surface area contributed by atoms with Crippen molar-refractivity contribution in [1.29, 1.82) is 0 Å². The number of carbonyl (C=O) groups is 1. The summed E-state index contributed by atoms with van der Waals surface area (Å²) >= 11 is 0. The van der Waals surface area contributed by atoms with E-state index in [-0.39, 0.29) is 29.9 Å². The van der Waals surface area contributed by atoms with Crippen molar-refractivity contribution < 1.29 is 4.79 Å². The van der Waals surface area contributed by atoms with E-state index in [0.717, 1.165) is 62.6 Å². The molecule has 1 aliphatic heterocycles. The molecule has 2 N–H and O–H groups in total. The normalized spacial score (nSPS) is 30.5. The number of halogens is 1. The number of benzene rings is 1. The Kier molecular flexibility index (Phi) is 6.37. The second-order valence-electron chi connectivity index (χ2n) is 9.11. The molecule has 0 spiro atoms. The molecule has 2 saturated carbocycles. The highest BCUT2D eigenvalue weighted by Crippen LogP contribution is 2.60. The molecule has 1 saturated heterocycles. The first kappa shape index (κ1) is 20.9. The van der Waals surface area contributed by atoms with Crippen LogP contribution in [0.1, 0.15) is 49.1 Å². The third-order valence-corrected chi connectivity index (χ3v) is 7.48. The maximum absolute atomic E-state index is 12.6. The number of hydrogen-bond donors (Lipinski definition) is 2. The third-order valence-electron chi connectivity index (χ3n) is 7.48. The predicted molar refractivity (Wildman–Crippen MR) is 127 cm³/mol. The quantitative estimate of drug-likeness (QED) is 0.374. The number of amides is 1. The van der Waals surface area contributed by atoms with Crippen molar-refractivity contribution in [3.8, 4) is 0 Å². The molecule has 1 heterocycles. The highest BCUT2D eigenvalue weighted by molar-refractivity contribution is 14.0. The molecular weight excluding hydrogens is 475 g/mol. The number of fused-ring (bicyclic) bond motifs is 3. The number of nitrogens with one attached hydrogen (secondary N) is 2. The number of nitrogens with zero attached hydrogens (tertiary/aromatic N) is 2. The zero-order valence-corrected chi connectivity index (χ0v) is 19.6. The van der Waals surface area contributed by atoms with E-state index in [1.807, 2.05) is 7.05 Å². The first-order chi connectivity index (χ1) is 13.7. The van der Waals surface area contributed by atoms with Crippen LogP contribution < -0.4 is 10.6 Å². The van der Waals surface area contributed by atoms with Gasteiger partial charge in [-0.05, 0) is 54.6 Å². The standard InChI is InChI=1S/C23H32N4O.HI/c1-24-23(25-13-20-19-12-16-8-4-5-9-18(16)21(19)20)26-17-10-11-27(14-17)22(28)15-6-2-3-7-15;/h4-5,8-9,15,17,19-21H,2-3,6-7,10-14H2,1H3,(H2,24,25,26);1H. The maximum atomic E-state index is 12.6. The van der Waals surface area contributed by atoms with Crippen LogP contribution in [0.4, 0.5) is 0 Å². The van der Waals surface area contributed by atoms with Gasteiger partial charge in [-0.3, -0.25) is 9.79 Å². The van der Waals surface area contributed by atoms with Crippen LogP contribution in [0, 0.1) is 17.8 Å². The van der Waals surface area contributed by atoms with E-state index >= 15 is 0 Å². The maximum Gasteiger partial charge on any atom is 0.225 e. The van der Waals surface area contributed by atoms with Crippen LogP contribution in [0.5, 0.6) is 0 Å². The molecule has 5 rings (SSSR count). The van der Waals surface area contributed by atoms with Gasteiger partial charge in [0.1, 0.15) is 0 Å². The molecule has 0 bridgehead atoms. The van der Waals surface area contributed by atoms with Crippen molar-refractivity contribution in [2.24, 2.45) is 22.7 Å². The van der Waals surface area contributed by atoms with Crippen LogP contribution in [0.3, 0.4) is 0 Å². The Hall–Kier alpha value is -1.31. The van der Waals surface area contributed by atoms with Crippen molar-refractivity contribution >= 4 is 35.8 Å². The molecule has 6 heteroatoms. The Labute approximate surface area is 191 Å². The minimum atomic E-state index is 0. The molecule has 4 aliphatic rings. The largest absolute Gasteiger partial charge is 0.356 e.